The zero-order valence-electron chi connectivity index (χ0n) is 15.0. The molecule has 2 rings (SSSR count). The van der Waals surface area contributed by atoms with Crippen LogP contribution < -0.4 is 5.73 Å². The molecule has 0 bridgehead atoms. The highest BCUT2D eigenvalue weighted by Crippen LogP contribution is 2.33. The first-order valence-corrected chi connectivity index (χ1v) is 8.66. The van der Waals surface area contributed by atoms with E-state index in [4.69, 9.17) is 10.5 Å². The number of rotatable bonds is 4. The first kappa shape index (κ1) is 18.0. The molecule has 1 saturated heterocycles. The highest BCUT2D eigenvalue weighted by Gasteiger charge is 2.43. The van der Waals surface area contributed by atoms with E-state index in [2.05, 4.69) is 0 Å². The van der Waals surface area contributed by atoms with E-state index in [1.54, 1.807) is 4.90 Å². The predicted octanol–water partition coefficient (Wildman–Crippen LogP) is 1.97. The molecule has 6 nitrogen and oxygen atoms in total. The third-order valence-electron chi connectivity index (χ3n) is 4.42. The molecule has 2 fully saturated rings. The lowest BCUT2D eigenvalue weighted by Crippen LogP contribution is -2.49. The fourth-order valence-corrected chi connectivity index (χ4v) is 2.93. The number of likely N-dealkylation sites (tertiary alicyclic amines) is 1. The summed E-state index contributed by atoms with van der Waals surface area (Å²) in [6.07, 6.45) is 2.59. The van der Waals surface area contributed by atoms with Crippen LogP contribution in [0.15, 0.2) is 0 Å². The third kappa shape index (κ3) is 4.59. The van der Waals surface area contributed by atoms with Gasteiger partial charge in [0, 0.05) is 19.1 Å². The van der Waals surface area contributed by atoms with Crippen molar-refractivity contribution >= 4 is 12.0 Å². The summed E-state index contributed by atoms with van der Waals surface area (Å²) in [5.41, 5.74) is 5.48. The average molecular weight is 325 g/mol. The van der Waals surface area contributed by atoms with Crippen molar-refractivity contribution in [3.63, 3.8) is 0 Å². The van der Waals surface area contributed by atoms with Gasteiger partial charge in [-0.25, -0.2) is 4.79 Å². The van der Waals surface area contributed by atoms with Crippen molar-refractivity contribution < 1.29 is 14.3 Å². The van der Waals surface area contributed by atoms with Gasteiger partial charge in [0.05, 0.1) is 12.1 Å². The van der Waals surface area contributed by atoms with Crippen LogP contribution in [0.25, 0.3) is 0 Å². The number of ether oxygens (including phenoxy) is 1. The van der Waals surface area contributed by atoms with Gasteiger partial charge in [0.2, 0.25) is 5.91 Å². The summed E-state index contributed by atoms with van der Waals surface area (Å²) in [6, 6.07) is -0.158. The van der Waals surface area contributed by atoms with Crippen LogP contribution in [0.5, 0.6) is 0 Å². The maximum Gasteiger partial charge on any atom is 0.410 e. The molecule has 0 spiro atoms. The predicted molar refractivity (Wildman–Crippen MR) is 88.9 cm³/mol. The standard InChI is InChI=1S/C17H31N3O3/c1-11(2)14(18)15(21)19-9-8-13(10-19)20(12-6-7-12)16(22)23-17(3,4)5/h11-14H,6-10,18H2,1-5H3/t13?,14-/m0/s1. The van der Waals surface area contributed by atoms with Crippen molar-refractivity contribution in [2.75, 3.05) is 13.1 Å². The SMILES string of the molecule is CC(C)[C@H](N)C(=O)N1CCC(N(C(=O)OC(C)(C)C)C2CC2)C1. The second-order valence-electron chi connectivity index (χ2n) is 8.12. The summed E-state index contributed by atoms with van der Waals surface area (Å²) in [5.74, 6) is 0.106. The lowest BCUT2D eigenvalue weighted by atomic mass is 10.0. The van der Waals surface area contributed by atoms with Gasteiger partial charge < -0.3 is 20.3 Å². The van der Waals surface area contributed by atoms with E-state index < -0.39 is 11.6 Å². The molecule has 2 atom stereocenters. The van der Waals surface area contributed by atoms with Crippen LogP contribution in [-0.2, 0) is 9.53 Å². The molecule has 1 heterocycles. The molecule has 2 N–H and O–H groups in total. The monoisotopic (exact) mass is 325 g/mol. The van der Waals surface area contributed by atoms with Crippen LogP contribution in [0.3, 0.4) is 0 Å². The number of carbonyl (C=O) groups is 2. The Morgan fingerprint density at radius 3 is 2.26 bits per heavy atom. The maximum absolute atomic E-state index is 12.5. The molecular weight excluding hydrogens is 294 g/mol. The largest absolute Gasteiger partial charge is 0.444 e. The van der Waals surface area contributed by atoms with Crippen molar-refractivity contribution in [1.29, 1.82) is 0 Å². The van der Waals surface area contributed by atoms with Crippen molar-refractivity contribution in [3.8, 4) is 0 Å². The smallest absolute Gasteiger partial charge is 0.410 e. The molecule has 1 unspecified atom stereocenters. The molecular formula is C17H31N3O3. The van der Waals surface area contributed by atoms with Crippen LogP contribution in [0.4, 0.5) is 4.79 Å². The van der Waals surface area contributed by atoms with Crippen LogP contribution in [-0.4, -0.2) is 58.6 Å². The van der Waals surface area contributed by atoms with Gasteiger partial charge in [-0.1, -0.05) is 13.8 Å². The van der Waals surface area contributed by atoms with Crippen LogP contribution in [0.1, 0.15) is 53.9 Å². The summed E-state index contributed by atoms with van der Waals surface area (Å²) in [5, 5.41) is 0. The van der Waals surface area contributed by atoms with Crippen LogP contribution >= 0.6 is 0 Å². The molecule has 0 aromatic carbocycles. The van der Waals surface area contributed by atoms with Gasteiger partial charge in [-0.3, -0.25) is 4.79 Å². The van der Waals surface area contributed by atoms with Gasteiger partial charge in [0.1, 0.15) is 5.60 Å². The second-order valence-corrected chi connectivity index (χ2v) is 8.12. The maximum atomic E-state index is 12.5. The van der Waals surface area contributed by atoms with E-state index in [1.807, 2.05) is 39.5 Å². The Hall–Kier alpha value is -1.30. The molecule has 2 amide bonds. The van der Waals surface area contributed by atoms with Crippen LogP contribution in [0, 0.1) is 5.92 Å². The van der Waals surface area contributed by atoms with E-state index in [0.717, 1.165) is 19.3 Å². The second kappa shape index (κ2) is 6.67. The van der Waals surface area contributed by atoms with Crippen molar-refractivity contribution in [3.05, 3.63) is 0 Å². The molecule has 23 heavy (non-hydrogen) atoms. The molecule has 6 heteroatoms. The minimum absolute atomic E-state index is 0.0116. The Kier molecular flexibility index (Phi) is 5.23. The van der Waals surface area contributed by atoms with Gasteiger partial charge in [-0.15, -0.1) is 0 Å². The molecule has 132 valence electrons. The number of nitrogens with zero attached hydrogens (tertiary/aromatic N) is 2. The third-order valence-corrected chi connectivity index (χ3v) is 4.42. The minimum atomic E-state index is -0.502. The van der Waals surface area contributed by atoms with Gasteiger partial charge in [-0.2, -0.15) is 0 Å². The topological polar surface area (TPSA) is 75.9 Å². The first-order chi connectivity index (χ1) is 10.6. The Labute approximate surface area is 139 Å². The average Bonchev–Trinajstić information content (AvgIpc) is 3.12. The lowest BCUT2D eigenvalue weighted by molar-refractivity contribution is -0.132. The molecule has 1 saturated carbocycles. The molecule has 2 aliphatic rings. The van der Waals surface area contributed by atoms with Crippen LogP contribution in [0.2, 0.25) is 0 Å². The van der Waals surface area contributed by atoms with E-state index in [9.17, 15) is 9.59 Å². The Bertz CT molecular complexity index is 454. The minimum Gasteiger partial charge on any atom is -0.444 e. The fourth-order valence-electron chi connectivity index (χ4n) is 2.93. The van der Waals surface area contributed by atoms with E-state index in [0.29, 0.717) is 13.1 Å². The molecule has 0 radical (unpaired) electrons. The van der Waals surface area contributed by atoms with E-state index in [1.165, 1.54) is 0 Å². The number of amides is 2. The summed E-state index contributed by atoms with van der Waals surface area (Å²) >= 11 is 0. The molecule has 0 aromatic rings. The van der Waals surface area contributed by atoms with Crippen molar-refractivity contribution in [2.45, 2.75) is 77.6 Å². The molecule has 0 aromatic heterocycles. The Morgan fingerprint density at radius 1 is 1.17 bits per heavy atom. The zero-order valence-corrected chi connectivity index (χ0v) is 15.0. The van der Waals surface area contributed by atoms with Gasteiger partial charge in [0.15, 0.2) is 0 Å². The van der Waals surface area contributed by atoms with Crippen molar-refractivity contribution in [1.82, 2.24) is 9.80 Å². The summed E-state index contributed by atoms with van der Waals surface area (Å²) in [6.45, 7) is 10.8. The molecule has 1 aliphatic carbocycles. The highest BCUT2D eigenvalue weighted by atomic mass is 16.6. The first-order valence-electron chi connectivity index (χ1n) is 8.66. The van der Waals surface area contributed by atoms with Gasteiger partial charge in [-0.05, 0) is 46.0 Å². The van der Waals surface area contributed by atoms with Gasteiger partial charge >= 0.3 is 6.09 Å². The summed E-state index contributed by atoms with van der Waals surface area (Å²) in [7, 11) is 0. The Morgan fingerprint density at radius 2 is 1.78 bits per heavy atom. The number of hydrogen-bond donors (Lipinski definition) is 1. The van der Waals surface area contributed by atoms with E-state index >= 15 is 0 Å². The summed E-state index contributed by atoms with van der Waals surface area (Å²) in [4.78, 5) is 28.6. The van der Waals surface area contributed by atoms with Gasteiger partial charge in [0.25, 0.3) is 0 Å². The Balaban J connectivity index is 2.00. The van der Waals surface area contributed by atoms with Crippen molar-refractivity contribution in [2.24, 2.45) is 11.7 Å². The molecule has 1 aliphatic heterocycles. The van der Waals surface area contributed by atoms with E-state index in [-0.39, 0.29) is 30.0 Å². The normalized spacial score (nSPS) is 23.1. The lowest BCUT2D eigenvalue weighted by Gasteiger charge is -2.32. The highest BCUT2D eigenvalue weighted by molar-refractivity contribution is 5.82. The number of carbonyl (C=O) groups excluding carboxylic acids is 2. The fraction of sp³-hybridized carbons (Fsp3) is 0.882. The quantitative estimate of drug-likeness (QED) is 0.857. The number of hydrogen-bond acceptors (Lipinski definition) is 4. The zero-order chi connectivity index (χ0) is 17.4. The summed E-state index contributed by atoms with van der Waals surface area (Å²) < 4.78 is 5.55. The number of nitrogens with two attached hydrogens (primary N) is 1.